The van der Waals surface area contributed by atoms with Gasteiger partial charge in [-0.2, -0.15) is 18.3 Å². The Balaban J connectivity index is 2.05. The molecule has 1 aromatic rings. The Morgan fingerprint density at radius 1 is 1.57 bits per heavy atom. The van der Waals surface area contributed by atoms with Crippen molar-refractivity contribution in [2.45, 2.75) is 31.2 Å². The number of nitrogens with one attached hydrogen (secondary N) is 1. The first kappa shape index (κ1) is 15.6. The number of amides is 2. The van der Waals surface area contributed by atoms with Gasteiger partial charge in [-0.1, -0.05) is 6.92 Å². The van der Waals surface area contributed by atoms with Gasteiger partial charge in [0.1, 0.15) is 0 Å². The molecule has 1 saturated heterocycles. The molecule has 0 radical (unpaired) electrons. The summed E-state index contributed by atoms with van der Waals surface area (Å²) in [6.45, 7) is 1.82. The van der Waals surface area contributed by atoms with Crippen molar-refractivity contribution >= 4 is 6.03 Å². The van der Waals surface area contributed by atoms with Gasteiger partial charge in [0.2, 0.25) is 0 Å². The molecular formula is C12H17F3N4O2. The molecule has 21 heavy (non-hydrogen) atoms. The molecule has 2 heterocycles. The van der Waals surface area contributed by atoms with Crippen molar-refractivity contribution in [3.63, 3.8) is 0 Å². The largest absolute Gasteiger partial charge is 0.413 e. The second-order valence-corrected chi connectivity index (χ2v) is 5.31. The highest BCUT2D eigenvalue weighted by molar-refractivity contribution is 5.76. The Morgan fingerprint density at radius 2 is 2.19 bits per heavy atom. The Labute approximate surface area is 119 Å². The molecule has 0 aliphatic carbocycles. The van der Waals surface area contributed by atoms with Crippen LogP contribution in [-0.4, -0.2) is 50.7 Å². The number of carbonyl (C=O) groups excluding carboxylic acids is 1. The monoisotopic (exact) mass is 306 g/mol. The number of rotatable bonds is 3. The molecule has 6 nitrogen and oxygen atoms in total. The fourth-order valence-electron chi connectivity index (χ4n) is 2.19. The summed E-state index contributed by atoms with van der Waals surface area (Å²) in [7, 11) is 1.50. The second kappa shape index (κ2) is 5.21. The van der Waals surface area contributed by atoms with E-state index in [4.69, 9.17) is 0 Å². The smallest absolute Gasteiger partial charge is 0.386 e. The van der Waals surface area contributed by atoms with Gasteiger partial charge in [0.25, 0.3) is 0 Å². The van der Waals surface area contributed by atoms with Crippen molar-refractivity contribution < 1.29 is 23.1 Å². The summed E-state index contributed by atoms with van der Waals surface area (Å²) >= 11 is 0. The number of hydrogen-bond acceptors (Lipinski definition) is 3. The number of hydrogen-bond donors (Lipinski definition) is 2. The van der Waals surface area contributed by atoms with Crippen LogP contribution >= 0.6 is 0 Å². The predicted octanol–water partition coefficient (Wildman–Crippen LogP) is 1.19. The summed E-state index contributed by atoms with van der Waals surface area (Å²) in [5, 5.41) is 15.4. The van der Waals surface area contributed by atoms with Crippen molar-refractivity contribution in [1.82, 2.24) is 20.0 Å². The minimum atomic E-state index is -4.62. The number of aliphatic hydroxyl groups is 1. The lowest BCUT2D eigenvalue weighted by atomic mass is 9.92. The van der Waals surface area contributed by atoms with Gasteiger partial charge in [0.15, 0.2) is 6.04 Å². The molecule has 1 aliphatic heterocycles. The first-order chi connectivity index (χ1) is 9.64. The molecule has 2 N–H and O–H groups in total. The summed E-state index contributed by atoms with van der Waals surface area (Å²) in [5.74, 6) is 0. The lowest BCUT2D eigenvalue weighted by Gasteiger charge is -2.46. The van der Waals surface area contributed by atoms with E-state index in [1.54, 1.807) is 6.92 Å². The number of urea groups is 1. The zero-order valence-corrected chi connectivity index (χ0v) is 11.7. The van der Waals surface area contributed by atoms with E-state index in [0.29, 0.717) is 6.42 Å². The molecule has 0 spiro atoms. The third-order valence-electron chi connectivity index (χ3n) is 3.57. The molecule has 1 atom stereocenters. The van der Waals surface area contributed by atoms with Crippen LogP contribution in [-0.2, 0) is 7.05 Å². The molecule has 1 fully saturated rings. The molecule has 2 amide bonds. The number of likely N-dealkylation sites (tertiary alicyclic amines) is 1. The second-order valence-electron chi connectivity index (χ2n) is 5.31. The maximum Gasteiger partial charge on any atom is 0.413 e. The third kappa shape index (κ3) is 3.29. The number of β-amino-alcohol motifs (C(OH)–C–C–N with tert-alkyl or cyclic N) is 1. The van der Waals surface area contributed by atoms with E-state index in [2.05, 4.69) is 5.10 Å². The molecule has 0 bridgehead atoms. The minimum Gasteiger partial charge on any atom is -0.386 e. The number of halogens is 3. The van der Waals surface area contributed by atoms with Crippen molar-refractivity contribution in [3.8, 4) is 0 Å². The van der Waals surface area contributed by atoms with Crippen LogP contribution in [0.25, 0.3) is 0 Å². The number of carbonyl (C=O) groups is 1. The summed E-state index contributed by atoms with van der Waals surface area (Å²) in [5.41, 5.74) is -1.12. The summed E-state index contributed by atoms with van der Waals surface area (Å²) < 4.78 is 40.4. The quantitative estimate of drug-likeness (QED) is 0.881. The standard InChI is InChI=1S/C12H17F3N4O2/c1-3-11(21)6-19(7-11)10(20)17-9(12(13,14)15)8-4-16-18(2)5-8/h4-5,9,21H,3,6-7H2,1-2H3,(H,17,20). The highest BCUT2D eigenvalue weighted by Gasteiger charge is 2.46. The van der Waals surface area contributed by atoms with Crippen molar-refractivity contribution in [2.24, 2.45) is 7.05 Å². The molecule has 0 aromatic carbocycles. The molecule has 118 valence electrons. The molecule has 0 saturated carbocycles. The predicted molar refractivity (Wildman–Crippen MR) is 67.3 cm³/mol. The summed E-state index contributed by atoms with van der Waals surface area (Å²) in [6, 6.07) is -2.96. The Bertz CT molecular complexity index is 523. The van der Waals surface area contributed by atoms with Crippen LogP contribution in [0.4, 0.5) is 18.0 Å². The van der Waals surface area contributed by atoms with Crippen LogP contribution in [0.2, 0.25) is 0 Å². The normalized spacial score (nSPS) is 19.0. The first-order valence-corrected chi connectivity index (χ1v) is 6.48. The van der Waals surface area contributed by atoms with E-state index < -0.39 is 23.9 Å². The topological polar surface area (TPSA) is 70.4 Å². The van der Waals surface area contributed by atoms with Gasteiger partial charge in [-0.15, -0.1) is 0 Å². The van der Waals surface area contributed by atoms with E-state index in [-0.39, 0.29) is 18.7 Å². The van der Waals surface area contributed by atoms with E-state index in [1.165, 1.54) is 17.9 Å². The third-order valence-corrected chi connectivity index (χ3v) is 3.57. The molecule has 9 heteroatoms. The zero-order valence-electron chi connectivity index (χ0n) is 11.7. The lowest BCUT2D eigenvalue weighted by Crippen LogP contribution is -2.65. The Kier molecular flexibility index (Phi) is 3.87. The molecule has 1 aromatic heterocycles. The van der Waals surface area contributed by atoms with Gasteiger partial charge in [-0.05, 0) is 6.42 Å². The number of aromatic nitrogens is 2. The molecule has 1 unspecified atom stereocenters. The minimum absolute atomic E-state index is 0.0347. The highest BCUT2D eigenvalue weighted by Crippen LogP contribution is 2.33. The fourth-order valence-corrected chi connectivity index (χ4v) is 2.19. The number of alkyl halides is 3. The van der Waals surface area contributed by atoms with Gasteiger partial charge in [0.05, 0.1) is 24.9 Å². The SMILES string of the molecule is CCC1(O)CN(C(=O)NC(c2cnn(C)c2)C(F)(F)F)C1. The van der Waals surface area contributed by atoms with Crippen LogP contribution in [0.1, 0.15) is 24.9 Å². The van der Waals surface area contributed by atoms with Crippen molar-refractivity contribution in [2.75, 3.05) is 13.1 Å². The first-order valence-electron chi connectivity index (χ1n) is 6.48. The zero-order chi connectivity index (χ0) is 15.8. The average Bonchev–Trinajstić information content (AvgIpc) is 2.76. The van der Waals surface area contributed by atoms with E-state index in [9.17, 15) is 23.1 Å². The van der Waals surface area contributed by atoms with Gasteiger partial charge >= 0.3 is 12.2 Å². The van der Waals surface area contributed by atoms with Crippen molar-refractivity contribution in [1.29, 1.82) is 0 Å². The fraction of sp³-hybridized carbons (Fsp3) is 0.667. The summed E-state index contributed by atoms with van der Waals surface area (Å²) in [4.78, 5) is 13.0. The van der Waals surface area contributed by atoms with Crippen LogP contribution < -0.4 is 5.32 Å². The molecule has 2 rings (SSSR count). The molecule has 1 aliphatic rings. The summed E-state index contributed by atoms with van der Waals surface area (Å²) in [6.07, 6.45) is -1.90. The van der Waals surface area contributed by atoms with E-state index in [1.807, 2.05) is 5.32 Å². The van der Waals surface area contributed by atoms with Gasteiger partial charge in [-0.25, -0.2) is 4.79 Å². The van der Waals surface area contributed by atoms with Crippen LogP contribution in [0.15, 0.2) is 12.4 Å². The van der Waals surface area contributed by atoms with Crippen LogP contribution in [0.3, 0.4) is 0 Å². The van der Waals surface area contributed by atoms with E-state index >= 15 is 0 Å². The lowest BCUT2D eigenvalue weighted by molar-refractivity contribution is -0.156. The Hall–Kier alpha value is -1.77. The number of aryl methyl sites for hydroxylation is 1. The average molecular weight is 306 g/mol. The molecular weight excluding hydrogens is 289 g/mol. The van der Waals surface area contributed by atoms with Gasteiger partial charge in [0, 0.05) is 18.8 Å². The van der Waals surface area contributed by atoms with E-state index in [0.717, 1.165) is 11.1 Å². The maximum atomic E-state index is 13.1. The number of nitrogens with zero attached hydrogens (tertiary/aromatic N) is 3. The van der Waals surface area contributed by atoms with Crippen LogP contribution in [0.5, 0.6) is 0 Å². The highest BCUT2D eigenvalue weighted by atomic mass is 19.4. The maximum absolute atomic E-state index is 13.1. The van der Waals surface area contributed by atoms with Crippen LogP contribution in [0, 0.1) is 0 Å². The van der Waals surface area contributed by atoms with Gasteiger partial charge in [-0.3, -0.25) is 4.68 Å². The Morgan fingerprint density at radius 3 is 2.62 bits per heavy atom. The van der Waals surface area contributed by atoms with Gasteiger partial charge < -0.3 is 15.3 Å². The van der Waals surface area contributed by atoms with Crippen molar-refractivity contribution in [3.05, 3.63) is 18.0 Å².